The van der Waals surface area contributed by atoms with Crippen LogP contribution in [0.25, 0.3) is 17.1 Å². The number of hydrogen-bond acceptors (Lipinski definition) is 5. The SMILES string of the molecule is Cc1c(C(=O)/C=C\c2ccccc2[N+](=O)[O-])[n+](=O)c2ccccc2n1[O-]. The molecule has 2 aromatic carbocycles. The van der Waals surface area contributed by atoms with Gasteiger partial charge in [-0.25, -0.2) is 0 Å². The minimum atomic E-state index is -0.717. The van der Waals surface area contributed by atoms with Gasteiger partial charge in [0.1, 0.15) is 5.52 Å². The van der Waals surface area contributed by atoms with Gasteiger partial charge in [0.05, 0.1) is 20.6 Å². The van der Waals surface area contributed by atoms with Gasteiger partial charge in [0, 0.05) is 17.0 Å². The highest BCUT2D eigenvalue weighted by Crippen LogP contribution is 2.20. The van der Waals surface area contributed by atoms with Gasteiger partial charge in [-0.2, -0.15) is 0 Å². The molecule has 26 heavy (non-hydrogen) atoms. The van der Waals surface area contributed by atoms with Gasteiger partial charge in [0.25, 0.3) is 17.0 Å². The maximum absolute atomic E-state index is 12.5. The maximum atomic E-state index is 12.5. The molecule has 0 radical (unpaired) electrons. The summed E-state index contributed by atoms with van der Waals surface area (Å²) in [6.45, 7) is 1.37. The first kappa shape index (κ1) is 17.0. The van der Waals surface area contributed by atoms with Crippen LogP contribution >= 0.6 is 0 Å². The van der Waals surface area contributed by atoms with Crippen molar-refractivity contribution in [3.63, 3.8) is 0 Å². The van der Waals surface area contributed by atoms with Crippen LogP contribution in [-0.4, -0.2) is 15.4 Å². The van der Waals surface area contributed by atoms with Crippen molar-refractivity contribution in [1.82, 2.24) is 4.73 Å². The molecule has 8 heteroatoms. The second-order valence-corrected chi connectivity index (χ2v) is 5.52. The fourth-order valence-corrected chi connectivity index (χ4v) is 2.67. The number of carbonyl (C=O) groups excluding carboxylic acids is 1. The molecule has 130 valence electrons. The molecule has 1 heterocycles. The van der Waals surface area contributed by atoms with E-state index in [0.29, 0.717) is 9.16 Å². The lowest BCUT2D eigenvalue weighted by atomic mass is 10.1. The van der Waals surface area contributed by atoms with Crippen molar-refractivity contribution in [3.05, 3.63) is 91.8 Å². The molecule has 0 unspecified atom stereocenters. The predicted molar refractivity (Wildman–Crippen MR) is 95.3 cm³/mol. The number of aromatic nitrogens is 2. The van der Waals surface area contributed by atoms with Crippen LogP contribution in [0.2, 0.25) is 0 Å². The number of benzene rings is 2. The van der Waals surface area contributed by atoms with Crippen molar-refractivity contribution in [2.45, 2.75) is 6.92 Å². The monoisotopic (exact) mass is 351 g/mol. The molecule has 3 aromatic rings. The lowest BCUT2D eigenvalue weighted by molar-refractivity contribution is -0.468. The lowest BCUT2D eigenvalue weighted by Gasteiger charge is -2.15. The Balaban J connectivity index is 2.10. The van der Waals surface area contributed by atoms with Gasteiger partial charge >= 0.3 is 5.69 Å². The topological polar surface area (TPSA) is 111 Å². The molecule has 0 spiro atoms. The van der Waals surface area contributed by atoms with Crippen LogP contribution < -0.4 is 4.43 Å². The zero-order valence-electron chi connectivity index (χ0n) is 13.7. The molecular formula is C18H13N3O5. The zero-order chi connectivity index (χ0) is 18.8. The summed E-state index contributed by atoms with van der Waals surface area (Å²) in [6.07, 6.45) is 2.30. The number of nitro groups is 1. The Morgan fingerprint density at radius 1 is 1.15 bits per heavy atom. The summed E-state index contributed by atoms with van der Waals surface area (Å²) in [4.78, 5) is 35.5. The molecule has 0 saturated heterocycles. The van der Waals surface area contributed by atoms with Crippen LogP contribution in [0.1, 0.15) is 21.7 Å². The van der Waals surface area contributed by atoms with Gasteiger partial charge in [-0.15, -0.1) is 0 Å². The number of rotatable bonds is 4. The molecule has 1 aromatic heterocycles. The Morgan fingerprint density at radius 2 is 1.81 bits per heavy atom. The molecule has 0 aliphatic rings. The van der Waals surface area contributed by atoms with Crippen molar-refractivity contribution in [2.24, 2.45) is 0 Å². The van der Waals surface area contributed by atoms with Crippen molar-refractivity contribution in [3.8, 4) is 0 Å². The average molecular weight is 351 g/mol. The van der Waals surface area contributed by atoms with Gasteiger partial charge in [0.2, 0.25) is 0 Å². The Bertz CT molecular complexity index is 1130. The van der Waals surface area contributed by atoms with Crippen LogP contribution in [0.3, 0.4) is 0 Å². The predicted octanol–water partition coefficient (Wildman–Crippen LogP) is 3.01. The molecule has 3 rings (SSSR count). The van der Waals surface area contributed by atoms with E-state index in [1.807, 2.05) is 0 Å². The van der Waals surface area contributed by atoms with Gasteiger partial charge in [-0.05, 0) is 31.2 Å². The third-order valence-corrected chi connectivity index (χ3v) is 3.95. The minimum Gasteiger partial charge on any atom is -0.805 e. The van der Waals surface area contributed by atoms with E-state index in [9.17, 15) is 25.0 Å². The van der Waals surface area contributed by atoms with Crippen LogP contribution in [0.4, 0.5) is 5.69 Å². The Labute approximate surface area is 147 Å². The summed E-state index contributed by atoms with van der Waals surface area (Å²) in [7, 11) is 0. The van der Waals surface area contributed by atoms with Gasteiger partial charge in [0.15, 0.2) is 0 Å². The third kappa shape index (κ3) is 2.84. The van der Waals surface area contributed by atoms with Crippen molar-refractivity contribution >= 4 is 28.6 Å². The molecule has 0 aliphatic carbocycles. The van der Waals surface area contributed by atoms with Crippen LogP contribution in [0.15, 0.2) is 54.6 Å². The zero-order valence-corrected chi connectivity index (χ0v) is 13.7. The molecular weight excluding hydrogens is 338 g/mol. The van der Waals surface area contributed by atoms with E-state index in [0.717, 1.165) is 6.08 Å². The molecule has 0 saturated carbocycles. The first-order valence-corrected chi connectivity index (χ1v) is 7.62. The highest BCUT2D eigenvalue weighted by atomic mass is 16.6. The summed E-state index contributed by atoms with van der Waals surface area (Å²) in [6, 6.07) is 12.0. The summed E-state index contributed by atoms with van der Waals surface area (Å²) in [5.41, 5.74) is -0.100. The number of ketones is 1. The second kappa shape index (κ2) is 6.60. The van der Waals surface area contributed by atoms with Crippen LogP contribution in [0.5, 0.6) is 0 Å². The molecule has 0 N–H and O–H groups in total. The number of nitro benzene ring substituents is 1. The van der Waals surface area contributed by atoms with E-state index < -0.39 is 10.7 Å². The smallest absolute Gasteiger partial charge is 0.329 e. The highest BCUT2D eigenvalue weighted by molar-refractivity contribution is 6.05. The summed E-state index contributed by atoms with van der Waals surface area (Å²) in [5, 5.41) is 23.3. The van der Waals surface area contributed by atoms with Gasteiger partial charge < -0.3 is 9.94 Å². The average Bonchev–Trinajstić information content (AvgIpc) is 2.65. The standard InChI is InChI=1S/C18H13N3O5/c1-12-18(20(24)16-9-5-4-8-15(16)19(12)23)17(22)11-10-13-6-2-3-7-14(13)21(25)26/h2-11H,1H3/b11-10-. The van der Waals surface area contributed by atoms with E-state index in [4.69, 9.17) is 0 Å². The number of fused-ring (bicyclic) bond motifs is 1. The molecule has 8 nitrogen and oxygen atoms in total. The van der Waals surface area contributed by atoms with Crippen molar-refractivity contribution < 1.29 is 14.1 Å². The van der Waals surface area contributed by atoms with Gasteiger partial charge in [-0.3, -0.25) is 14.9 Å². The number of nitrogens with zero attached hydrogens (tertiary/aromatic N) is 3. The summed E-state index contributed by atoms with van der Waals surface area (Å²) < 4.78 is 0.931. The quantitative estimate of drug-likeness (QED) is 0.236. The van der Waals surface area contributed by atoms with Crippen molar-refractivity contribution in [2.75, 3.05) is 0 Å². The number of hydrogen-bond donors (Lipinski definition) is 0. The first-order valence-electron chi connectivity index (χ1n) is 7.62. The lowest BCUT2D eigenvalue weighted by Crippen LogP contribution is -2.29. The van der Waals surface area contributed by atoms with E-state index in [1.54, 1.807) is 18.2 Å². The largest absolute Gasteiger partial charge is 0.805 e. The minimum absolute atomic E-state index is 0.0455. The molecule has 0 aliphatic heterocycles. The molecule has 0 fully saturated rings. The Hall–Kier alpha value is -3.81. The fraction of sp³-hybridized carbons (Fsp3) is 0.0556. The number of para-hydroxylation sites is 3. The van der Waals surface area contributed by atoms with Crippen LogP contribution in [0, 0.1) is 27.2 Å². The first-order chi connectivity index (χ1) is 12.4. The fourth-order valence-electron chi connectivity index (χ4n) is 2.67. The van der Waals surface area contributed by atoms with Gasteiger partial charge in [-0.1, -0.05) is 24.3 Å². The van der Waals surface area contributed by atoms with E-state index in [2.05, 4.69) is 0 Å². The Kier molecular flexibility index (Phi) is 4.32. The summed E-state index contributed by atoms with van der Waals surface area (Å²) in [5.74, 6) is -0.717. The maximum Gasteiger partial charge on any atom is 0.329 e. The van der Waals surface area contributed by atoms with E-state index in [-0.39, 0.29) is 33.7 Å². The third-order valence-electron chi connectivity index (χ3n) is 3.95. The summed E-state index contributed by atoms with van der Waals surface area (Å²) >= 11 is 0. The van der Waals surface area contributed by atoms with E-state index in [1.165, 1.54) is 43.3 Å². The molecule has 0 bridgehead atoms. The molecule has 0 amide bonds. The number of allylic oxidation sites excluding steroid dienone is 1. The van der Waals surface area contributed by atoms with E-state index >= 15 is 0 Å². The molecule has 0 atom stereocenters. The number of carbonyl (C=O) groups is 1. The van der Waals surface area contributed by atoms with Crippen molar-refractivity contribution in [1.29, 1.82) is 0 Å². The Morgan fingerprint density at radius 3 is 2.54 bits per heavy atom. The van der Waals surface area contributed by atoms with Crippen LogP contribution in [-0.2, 0) is 0 Å². The normalized spacial score (nSPS) is 11.1. The second-order valence-electron chi connectivity index (χ2n) is 5.52. The highest BCUT2D eigenvalue weighted by Gasteiger charge is 2.25.